The highest BCUT2D eigenvalue weighted by atomic mass is 19.4. The highest BCUT2D eigenvalue weighted by molar-refractivity contribution is 5.81. The van der Waals surface area contributed by atoms with Crippen LogP contribution in [0.4, 0.5) is 13.2 Å². The summed E-state index contributed by atoms with van der Waals surface area (Å²) in [5.74, 6) is -0.216. The molecule has 0 aliphatic carbocycles. The molecule has 1 fully saturated rings. The van der Waals surface area contributed by atoms with Gasteiger partial charge in [-0.1, -0.05) is 0 Å². The van der Waals surface area contributed by atoms with Gasteiger partial charge in [-0.3, -0.25) is 9.63 Å². The summed E-state index contributed by atoms with van der Waals surface area (Å²) >= 11 is 0. The lowest BCUT2D eigenvalue weighted by Gasteiger charge is -2.29. The van der Waals surface area contributed by atoms with E-state index in [1.165, 1.54) is 6.92 Å². The van der Waals surface area contributed by atoms with Gasteiger partial charge in [-0.05, 0) is 26.2 Å². The molecule has 0 aromatic carbocycles. The van der Waals surface area contributed by atoms with Crippen molar-refractivity contribution in [1.82, 2.24) is 10.4 Å². The monoisotopic (exact) mass is 254 g/mol. The topological polar surface area (TPSA) is 41.6 Å². The van der Waals surface area contributed by atoms with Gasteiger partial charge in [-0.15, -0.1) is 0 Å². The molecule has 1 aliphatic rings. The van der Waals surface area contributed by atoms with Crippen LogP contribution in [-0.4, -0.2) is 42.7 Å². The quantitative estimate of drug-likeness (QED) is 0.772. The van der Waals surface area contributed by atoms with Gasteiger partial charge < -0.3 is 4.90 Å². The third kappa shape index (κ3) is 5.36. The van der Waals surface area contributed by atoms with Crippen LogP contribution in [0.1, 0.15) is 26.2 Å². The Morgan fingerprint density at radius 2 is 1.94 bits per heavy atom. The van der Waals surface area contributed by atoms with Crippen LogP contribution in [0, 0.1) is 0 Å². The Kier molecular flexibility index (Phi) is 5.20. The lowest BCUT2D eigenvalue weighted by atomic mass is 10.1. The summed E-state index contributed by atoms with van der Waals surface area (Å²) in [5, 5.41) is 0. The zero-order valence-electron chi connectivity index (χ0n) is 9.72. The fraction of sp³-hybridized carbons (Fsp3) is 0.900. The Balaban J connectivity index is 2.26. The zero-order chi connectivity index (χ0) is 12.9. The van der Waals surface area contributed by atoms with Crippen molar-refractivity contribution in [3.8, 4) is 0 Å². The van der Waals surface area contributed by atoms with Crippen molar-refractivity contribution in [2.75, 3.05) is 19.7 Å². The van der Waals surface area contributed by atoms with Crippen LogP contribution in [0.25, 0.3) is 0 Å². The SMILES string of the molecule is CC(NOCC(F)(F)F)C(=O)N1CCCCC1. The summed E-state index contributed by atoms with van der Waals surface area (Å²) in [6, 6.07) is -0.754. The Hall–Kier alpha value is -0.820. The van der Waals surface area contributed by atoms with Crippen molar-refractivity contribution < 1.29 is 22.8 Å². The van der Waals surface area contributed by atoms with Crippen LogP contribution in [-0.2, 0) is 9.63 Å². The molecule has 100 valence electrons. The molecule has 1 rings (SSSR count). The van der Waals surface area contributed by atoms with Crippen molar-refractivity contribution in [1.29, 1.82) is 0 Å². The number of rotatable bonds is 4. The smallest absolute Gasteiger partial charge is 0.341 e. The third-order valence-corrected chi connectivity index (χ3v) is 2.53. The number of nitrogens with one attached hydrogen (secondary N) is 1. The number of hydroxylamine groups is 1. The molecule has 4 nitrogen and oxygen atoms in total. The van der Waals surface area contributed by atoms with Gasteiger partial charge in [-0.25, -0.2) is 0 Å². The van der Waals surface area contributed by atoms with E-state index in [-0.39, 0.29) is 5.91 Å². The Morgan fingerprint density at radius 1 is 1.35 bits per heavy atom. The van der Waals surface area contributed by atoms with E-state index in [9.17, 15) is 18.0 Å². The Labute approximate surface area is 98.1 Å². The summed E-state index contributed by atoms with van der Waals surface area (Å²) in [4.78, 5) is 17.7. The normalized spacial score (nSPS) is 19.2. The summed E-state index contributed by atoms with van der Waals surface area (Å²) in [6.07, 6.45) is -1.40. The van der Waals surface area contributed by atoms with Gasteiger partial charge in [0.2, 0.25) is 5.91 Å². The number of halogens is 3. The van der Waals surface area contributed by atoms with Crippen LogP contribution < -0.4 is 5.48 Å². The van der Waals surface area contributed by atoms with Crippen molar-refractivity contribution in [3.05, 3.63) is 0 Å². The number of carbonyl (C=O) groups is 1. The molecule has 1 atom stereocenters. The number of alkyl halides is 3. The lowest BCUT2D eigenvalue weighted by Crippen LogP contribution is -2.47. The predicted molar refractivity (Wildman–Crippen MR) is 55.0 cm³/mol. The second kappa shape index (κ2) is 6.20. The maximum atomic E-state index is 11.8. The highest BCUT2D eigenvalue weighted by Gasteiger charge is 2.29. The molecule has 0 radical (unpaired) electrons. The molecule has 1 unspecified atom stereocenters. The second-order valence-corrected chi connectivity index (χ2v) is 4.13. The maximum Gasteiger partial charge on any atom is 0.413 e. The first kappa shape index (κ1) is 14.2. The molecule has 0 bridgehead atoms. The highest BCUT2D eigenvalue weighted by Crippen LogP contribution is 2.14. The van der Waals surface area contributed by atoms with E-state index >= 15 is 0 Å². The standard InChI is InChI=1S/C10H17F3N2O2/c1-8(14-17-7-10(11,12)13)9(16)15-5-3-2-4-6-15/h8,14H,2-7H2,1H3. The first-order valence-corrected chi connectivity index (χ1v) is 5.63. The van der Waals surface area contributed by atoms with E-state index in [0.29, 0.717) is 13.1 Å². The number of piperidine rings is 1. The minimum atomic E-state index is -4.39. The number of hydrogen-bond acceptors (Lipinski definition) is 3. The van der Waals surface area contributed by atoms with Gasteiger partial charge in [0.1, 0.15) is 6.04 Å². The minimum absolute atomic E-state index is 0.216. The molecule has 0 aromatic heterocycles. The molecule has 1 N–H and O–H groups in total. The molecule has 0 aromatic rings. The van der Waals surface area contributed by atoms with Gasteiger partial charge in [0.25, 0.3) is 0 Å². The van der Waals surface area contributed by atoms with Crippen LogP contribution >= 0.6 is 0 Å². The first-order valence-electron chi connectivity index (χ1n) is 5.63. The number of likely N-dealkylation sites (tertiary alicyclic amines) is 1. The molecule has 7 heteroatoms. The third-order valence-electron chi connectivity index (χ3n) is 2.53. The van der Waals surface area contributed by atoms with E-state index < -0.39 is 18.8 Å². The fourth-order valence-corrected chi connectivity index (χ4v) is 1.69. The molecule has 1 saturated heterocycles. The van der Waals surface area contributed by atoms with Crippen LogP contribution in [0.15, 0.2) is 0 Å². The predicted octanol–water partition coefficient (Wildman–Crippen LogP) is 1.47. The van der Waals surface area contributed by atoms with Crippen LogP contribution in [0.2, 0.25) is 0 Å². The van der Waals surface area contributed by atoms with Crippen molar-refractivity contribution >= 4 is 5.91 Å². The summed E-state index contributed by atoms with van der Waals surface area (Å²) in [7, 11) is 0. The largest absolute Gasteiger partial charge is 0.413 e. The minimum Gasteiger partial charge on any atom is -0.341 e. The first-order chi connectivity index (χ1) is 7.90. The molecule has 0 saturated carbocycles. The average Bonchev–Trinajstić information content (AvgIpc) is 2.27. The number of nitrogens with zero attached hydrogens (tertiary/aromatic N) is 1. The van der Waals surface area contributed by atoms with Crippen molar-refractivity contribution in [2.45, 2.75) is 38.4 Å². The molecule has 1 heterocycles. The molecule has 1 aliphatic heterocycles. The number of amides is 1. The van der Waals surface area contributed by atoms with Crippen LogP contribution in [0.5, 0.6) is 0 Å². The zero-order valence-corrected chi connectivity index (χ0v) is 9.72. The molecule has 0 spiro atoms. The van der Waals surface area contributed by atoms with E-state index in [1.54, 1.807) is 4.90 Å². The fourth-order valence-electron chi connectivity index (χ4n) is 1.69. The lowest BCUT2D eigenvalue weighted by molar-refractivity contribution is -0.194. The summed E-state index contributed by atoms with van der Waals surface area (Å²) in [5.41, 5.74) is 2.13. The van der Waals surface area contributed by atoms with Gasteiger partial charge >= 0.3 is 6.18 Å². The Bertz CT molecular complexity index is 252. The van der Waals surface area contributed by atoms with Gasteiger partial charge in [0.15, 0.2) is 6.61 Å². The van der Waals surface area contributed by atoms with Gasteiger partial charge in [0.05, 0.1) is 0 Å². The molecular weight excluding hydrogens is 237 g/mol. The van der Waals surface area contributed by atoms with Gasteiger partial charge in [-0.2, -0.15) is 18.7 Å². The molecular formula is C10H17F3N2O2. The second-order valence-electron chi connectivity index (χ2n) is 4.13. The van der Waals surface area contributed by atoms with Gasteiger partial charge in [0, 0.05) is 13.1 Å². The summed E-state index contributed by atoms with van der Waals surface area (Å²) in [6.45, 7) is 1.44. The molecule has 1 amide bonds. The van der Waals surface area contributed by atoms with E-state index in [2.05, 4.69) is 10.3 Å². The number of hydrogen-bond donors (Lipinski definition) is 1. The molecule has 17 heavy (non-hydrogen) atoms. The summed E-state index contributed by atoms with van der Waals surface area (Å²) < 4.78 is 35.4. The van der Waals surface area contributed by atoms with E-state index in [4.69, 9.17) is 0 Å². The van der Waals surface area contributed by atoms with E-state index in [1.807, 2.05) is 0 Å². The van der Waals surface area contributed by atoms with E-state index in [0.717, 1.165) is 19.3 Å². The number of carbonyl (C=O) groups excluding carboxylic acids is 1. The maximum absolute atomic E-state index is 11.8. The van der Waals surface area contributed by atoms with Crippen molar-refractivity contribution in [2.24, 2.45) is 0 Å². The van der Waals surface area contributed by atoms with Crippen molar-refractivity contribution in [3.63, 3.8) is 0 Å². The van der Waals surface area contributed by atoms with Crippen LogP contribution in [0.3, 0.4) is 0 Å². The average molecular weight is 254 g/mol. The Morgan fingerprint density at radius 3 is 2.47 bits per heavy atom.